The first-order valence-electron chi connectivity index (χ1n) is 11.0. The molecule has 1 aromatic rings. The average Bonchev–Trinajstić information content (AvgIpc) is 2.79. The fourth-order valence-electron chi connectivity index (χ4n) is 3.74. The monoisotopic (exact) mass is 432 g/mol. The fourth-order valence-corrected chi connectivity index (χ4v) is 3.74. The Bertz CT molecular complexity index is 698. The number of benzene rings is 1. The minimum absolute atomic E-state index is 0.147. The molecule has 1 fully saturated rings. The van der Waals surface area contributed by atoms with E-state index in [4.69, 9.17) is 9.47 Å². The lowest BCUT2D eigenvalue weighted by Gasteiger charge is -2.34. The van der Waals surface area contributed by atoms with E-state index in [1.807, 2.05) is 6.08 Å². The Balaban J connectivity index is 1.66. The molecule has 0 heterocycles. The van der Waals surface area contributed by atoms with Crippen LogP contribution in [0.2, 0.25) is 0 Å². The zero-order chi connectivity index (χ0) is 22.6. The smallest absolute Gasteiger partial charge is 0.415 e. The van der Waals surface area contributed by atoms with Crippen LogP contribution in [-0.4, -0.2) is 74.9 Å². The highest BCUT2D eigenvalue weighted by atomic mass is 16.6. The largest absolute Gasteiger partial charge is 0.465 e. The number of hydrogen-bond donors (Lipinski definition) is 0. The van der Waals surface area contributed by atoms with Crippen molar-refractivity contribution in [3.8, 4) is 5.75 Å². The SMILES string of the molecule is C=CCN(C)CCCCO[C@H]1CC[C@H](N(C)C(=O)Oc2ccc(C(=O)OC)cc2)CC1. The van der Waals surface area contributed by atoms with Crippen LogP contribution in [0.1, 0.15) is 48.9 Å². The van der Waals surface area contributed by atoms with Crippen LogP contribution in [0, 0.1) is 0 Å². The van der Waals surface area contributed by atoms with Gasteiger partial charge in [0.25, 0.3) is 0 Å². The van der Waals surface area contributed by atoms with Crippen molar-refractivity contribution in [3.63, 3.8) is 0 Å². The van der Waals surface area contributed by atoms with Gasteiger partial charge in [0.1, 0.15) is 5.75 Å². The van der Waals surface area contributed by atoms with Gasteiger partial charge in [0.05, 0.1) is 18.8 Å². The molecule has 1 aliphatic carbocycles. The number of rotatable bonds is 11. The van der Waals surface area contributed by atoms with Crippen molar-refractivity contribution in [3.05, 3.63) is 42.5 Å². The fraction of sp³-hybridized carbons (Fsp3) is 0.583. The summed E-state index contributed by atoms with van der Waals surface area (Å²) in [6.07, 6.45) is 7.69. The van der Waals surface area contributed by atoms with Gasteiger partial charge in [0.15, 0.2) is 0 Å². The second-order valence-corrected chi connectivity index (χ2v) is 8.05. The highest BCUT2D eigenvalue weighted by Gasteiger charge is 2.28. The average molecular weight is 433 g/mol. The number of carbonyl (C=O) groups excluding carboxylic acids is 2. The zero-order valence-electron chi connectivity index (χ0n) is 19.0. The molecule has 1 aliphatic rings. The molecule has 7 nitrogen and oxygen atoms in total. The van der Waals surface area contributed by atoms with Crippen molar-refractivity contribution in [1.82, 2.24) is 9.80 Å². The van der Waals surface area contributed by atoms with Crippen molar-refractivity contribution >= 4 is 12.1 Å². The van der Waals surface area contributed by atoms with Gasteiger partial charge in [-0.1, -0.05) is 6.08 Å². The Morgan fingerprint density at radius 2 is 1.77 bits per heavy atom. The second kappa shape index (κ2) is 13.1. The maximum atomic E-state index is 12.5. The number of likely N-dealkylation sites (N-methyl/N-ethyl adjacent to an activating group) is 1. The van der Waals surface area contributed by atoms with Gasteiger partial charge < -0.3 is 24.0 Å². The van der Waals surface area contributed by atoms with Gasteiger partial charge in [0.2, 0.25) is 0 Å². The molecule has 0 aromatic heterocycles. The number of esters is 1. The third kappa shape index (κ3) is 8.34. The van der Waals surface area contributed by atoms with E-state index in [2.05, 4.69) is 23.3 Å². The van der Waals surface area contributed by atoms with Crippen LogP contribution in [-0.2, 0) is 9.47 Å². The Morgan fingerprint density at radius 3 is 2.39 bits per heavy atom. The molecule has 0 bridgehead atoms. The number of methoxy groups -OCH3 is 1. The molecule has 1 aromatic carbocycles. The molecule has 0 N–H and O–H groups in total. The Kier molecular flexibility index (Phi) is 10.5. The maximum absolute atomic E-state index is 12.5. The molecule has 31 heavy (non-hydrogen) atoms. The lowest BCUT2D eigenvalue weighted by Crippen LogP contribution is -2.42. The summed E-state index contributed by atoms with van der Waals surface area (Å²) in [7, 11) is 5.20. The molecular weight excluding hydrogens is 396 g/mol. The minimum Gasteiger partial charge on any atom is -0.465 e. The standard InChI is InChI=1S/C24H36N2O5/c1-5-16-25(2)17-6-7-18-30-21-14-10-20(11-15-21)26(3)24(28)31-22-12-8-19(9-13-22)23(27)29-4/h5,8-9,12-13,20-21H,1,6-7,10-11,14-18H2,2-4H3/t20-,21-. The number of hydrogen-bond acceptors (Lipinski definition) is 6. The second-order valence-electron chi connectivity index (χ2n) is 8.05. The maximum Gasteiger partial charge on any atom is 0.415 e. The molecule has 2 rings (SSSR count). The highest BCUT2D eigenvalue weighted by molar-refractivity contribution is 5.89. The molecule has 0 spiro atoms. The van der Waals surface area contributed by atoms with Gasteiger partial charge in [-0.15, -0.1) is 6.58 Å². The lowest BCUT2D eigenvalue weighted by molar-refractivity contribution is 0.0101. The van der Waals surface area contributed by atoms with E-state index < -0.39 is 5.97 Å². The van der Waals surface area contributed by atoms with E-state index >= 15 is 0 Å². The van der Waals surface area contributed by atoms with Crippen LogP contribution in [0.4, 0.5) is 4.79 Å². The van der Waals surface area contributed by atoms with Gasteiger partial charge in [-0.3, -0.25) is 0 Å². The van der Waals surface area contributed by atoms with Crippen molar-refractivity contribution in [1.29, 1.82) is 0 Å². The molecule has 7 heteroatoms. The highest BCUT2D eigenvalue weighted by Crippen LogP contribution is 2.25. The van der Waals surface area contributed by atoms with Gasteiger partial charge in [0, 0.05) is 26.2 Å². The predicted octanol–water partition coefficient (Wildman–Crippen LogP) is 4.13. The summed E-state index contributed by atoms with van der Waals surface area (Å²) < 4.78 is 16.2. The molecular formula is C24H36N2O5. The van der Waals surface area contributed by atoms with Gasteiger partial charge in [-0.2, -0.15) is 0 Å². The van der Waals surface area contributed by atoms with E-state index in [9.17, 15) is 9.59 Å². The summed E-state index contributed by atoms with van der Waals surface area (Å²) in [4.78, 5) is 27.9. The van der Waals surface area contributed by atoms with Crippen molar-refractivity contribution < 1.29 is 23.8 Å². The summed E-state index contributed by atoms with van der Waals surface area (Å²) in [5.74, 6) is -0.0192. The Hall–Kier alpha value is -2.38. The van der Waals surface area contributed by atoms with E-state index in [-0.39, 0.29) is 18.2 Å². The van der Waals surface area contributed by atoms with Crippen molar-refractivity contribution in [2.45, 2.75) is 50.7 Å². The first-order valence-corrected chi connectivity index (χ1v) is 11.0. The summed E-state index contributed by atoms with van der Waals surface area (Å²) in [5.41, 5.74) is 0.415. The van der Waals surface area contributed by atoms with Crippen LogP contribution in [0.15, 0.2) is 36.9 Å². The molecule has 0 saturated heterocycles. The Morgan fingerprint density at radius 1 is 1.10 bits per heavy atom. The van der Waals surface area contributed by atoms with Gasteiger partial charge >= 0.3 is 12.1 Å². The number of carbonyl (C=O) groups is 2. The van der Waals surface area contributed by atoms with Crippen LogP contribution in [0.3, 0.4) is 0 Å². The van der Waals surface area contributed by atoms with Crippen LogP contribution < -0.4 is 4.74 Å². The number of unbranched alkanes of at least 4 members (excludes halogenated alkanes) is 1. The summed E-state index contributed by atoms with van der Waals surface area (Å²) in [5, 5.41) is 0. The summed E-state index contributed by atoms with van der Waals surface area (Å²) in [6.45, 7) is 6.51. The third-order valence-corrected chi connectivity index (χ3v) is 5.69. The first kappa shape index (κ1) is 24.9. The van der Waals surface area contributed by atoms with Crippen molar-refractivity contribution in [2.75, 3.05) is 40.9 Å². The predicted molar refractivity (Wildman–Crippen MR) is 120 cm³/mol. The lowest BCUT2D eigenvalue weighted by atomic mass is 9.92. The third-order valence-electron chi connectivity index (χ3n) is 5.69. The summed E-state index contributed by atoms with van der Waals surface area (Å²) >= 11 is 0. The van der Waals surface area contributed by atoms with Gasteiger partial charge in [-0.25, -0.2) is 9.59 Å². The van der Waals surface area contributed by atoms with E-state index in [0.717, 1.165) is 58.2 Å². The molecule has 0 atom stereocenters. The van der Waals surface area contributed by atoms with E-state index in [1.54, 1.807) is 36.2 Å². The molecule has 0 unspecified atom stereocenters. The quantitative estimate of drug-likeness (QED) is 0.298. The number of ether oxygens (including phenoxy) is 3. The molecule has 1 saturated carbocycles. The molecule has 1 amide bonds. The Labute approximate surface area is 185 Å². The van der Waals surface area contributed by atoms with E-state index in [0.29, 0.717) is 11.3 Å². The minimum atomic E-state index is -0.422. The van der Waals surface area contributed by atoms with Gasteiger partial charge in [-0.05, 0) is 76.4 Å². The summed E-state index contributed by atoms with van der Waals surface area (Å²) in [6, 6.07) is 6.49. The van der Waals surface area contributed by atoms with Crippen LogP contribution >= 0.6 is 0 Å². The van der Waals surface area contributed by atoms with E-state index in [1.165, 1.54) is 7.11 Å². The van der Waals surface area contributed by atoms with Crippen molar-refractivity contribution in [2.24, 2.45) is 0 Å². The zero-order valence-corrected chi connectivity index (χ0v) is 19.0. The van der Waals surface area contributed by atoms with Crippen LogP contribution in [0.5, 0.6) is 5.75 Å². The number of amides is 1. The molecule has 172 valence electrons. The molecule has 0 aliphatic heterocycles. The number of nitrogens with zero attached hydrogens (tertiary/aromatic N) is 2. The topological polar surface area (TPSA) is 68.3 Å². The normalized spacial score (nSPS) is 18.5. The van der Waals surface area contributed by atoms with Crippen LogP contribution in [0.25, 0.3) is 0 Å². The molecule has 0 radical (unpaired) electrons. The first-order chi connectivity index (χ1) is 14.9.